The van der Waals surface area contributed by atoms with Gasteiger partial charge < -0.3 is 0 Å². The number of nitrogens with zero attached hydrogens (tertiary/aromatic N) is 2. The molecule has 0 spiro atoms. The van der Waals surface area contributed by atoms with Crippen molar-refractivity contribution in [3.8, 4) is 6.07 Å². The van der Waals surface area contributed by atoms with E-state index in [1.165, 1.54) is 17.7 Å². The Morgan fingerprint density at radius 2 is 1.77 bits per heavy atom. The van der Waals surface area contributed by atoms with Crippen molar-refractivity contribution in [3.05, 3.63) is 71.3 Å². The van der Waals surface area contributed by atoms with Crippen LogP contribution in [0.3, 0.4) is 0 Å². The van der Waals surface area contributed by atoms with E-state index in [-0.39, 0.29) is 5.92 Å². The maximum atomic E-state index is 14.0. The average molecular weight is 411 g/mol. The van der Waals surface area contributed by atoms with E-state index in [1.807, 2.05) is 6.07 Å². The number of hydrogen-bond donors (Lipinski definition) is 0. The Morgan fingerprint density at radius 1 is 1.03 bits per heavy atom. The second-order valence-corrected chi connectivity index (χ2v) is 8.56. The molecule has 0 aliphatic heterocycles. The zero-order valence-corrected chi connectivity index (χ0v) is 17.9. The van der Waals surface area contributed by atoms with E-state index < -0.39 is 17.0 Å². The van der Waals surface area contributed by atoms with E-state index in [1.54, 1.807) is 6.07 Å². The topological polar surface area (TPSA) is 27.0 Å². The van der Waals surface area contributed by atoms with Crippen molar-refractivity contribution in [1.29, 1.82) is 5.26 Å². The average Bonchev–Trinajstić information content (AvgIpc) is 3.30. The van der Waals surface area contributed by atoms with Gasteiger partial charge in [-0.15, -0.1) is 0 Å². The number of hydrogen-bond acceptors (Lipinski definition) is 2. The third-order valence-corrected chi connectivity index (χ3v) is 6.52. The normalized spacial score (nSPS) is 16.5. The molecule has 1 aliphatic carbocycles. The van der Waals surface area contributed by atoms with E-state index in [9.17, 15) is 14.0 Å². The van der Waals surface area contributed by atoms with Gasteiger partial charge in [0, 0.05) is 6.54 Å². The van der Waals surface area contributed by atoms with Crippen LogP contribution in [0.15, 0.2) is 48.5 Å². The van der Waals surface area contributed by atoms with Gasteiger partial charge in [0.15, 0.2) is 11.6 Å². The Balaban J connectivity index is 1.75. The highest BCUT2D eigenvalue weighted by atomic mass is 19.2. The molecule has 2 nitrogen and oxygen atoms in total. The first-order valence-electron chi connectivity index (χ1n) is 11.2. The number of benzene rings is 2. The highest BCUT2D eigenvalue weighted by Gasteiger charge is 2.42. The van der Waals surface area contributed by atoms with Gasteiger partial charge in [-0.05, 0) is 74.4 Å². The molecule has 0 saturated heterocycles. The molecule has 0 radical (unpaired) electrons. The summed E-state index contributed by atoms with van der Waals surface area (Å²) < 4.78 is 27.6. The number of nitriles is 1. The van der Waals surface area contributed by atoms with Gasteiger partial charge in [-0.25, -0.2) is 8.78 Å². The first kappa shape index (κ1) is 22.4. The lowest BCUT2D eigenvalue weighted by Gasteiger charge is -2.34. The lowest BCUT2D eigenvalue weighted by molar-refractivity contribution is 0.238. The van der Waals surface area contributed by atoms with Gasteiger partial charge in [0.2, 0.25) is 0 Å². The quantitative estimate of drug-likeness (QED) is 0.441. The van der Waals surface area contributed by atoms with Crippen LogP contribution in [-0.4, -0.2) is 18.0 Å². The van der Waals surface area contributed by atoms with Crippen molar-refractivity contribution in [2.75, 3.05) is 13.1 Å². The van der Waals surface area contributed by atoms with E-state index in [0.717, 1.165) is 58.2 Å². The zero-order chi connectivity index (χ0) is 21.4. The minimum absolute atomic E-state index is 0.209. The summed E-state index contributed by atoms with van der Waals surface area (Å²) in [6.45, 7) is 4.96. The van der Waals surface area contributed by atoms with Crippen molar-refractivity contribution in [2.24, 2.45) is 5.92 Å². The lowest BCUT2D eigenvalue weighted by Crippen LogP contribution is -2.34. The SMILES string of the molecule is CCCN(CCCC(C#N)(c1ccc(F)c(F)c1)C1CCCC1)Cc1ccccc1. The van der Waals surface area contributed by atoms with Crippen LogP contribution in [0.25, 0.3) is 0 Å². The molecule has 3 rings (SSSR count). The molecule has 0 amide bonds. The minimum atomic E-state index is -0.859. The summed E-state index contributed by atoms with van der Waals surface area (Å²) in [4.78, 5) is 2.43. The van der Waals surface area contributed by atoms with Crippen molar-refractivity contribution < 1.29 is 8.78 Å². The lowest BCUT2D eigenvalue weighted by atomic mass is 9.67. The Bertz CT molecular complexity index is 840. The molecule has 0 heterocycles. The smallest absolute Gasteiger partial charge is 0.159 e. The molecule has 2 aromatic rings. The first-order chi connectivity index (χ1) is 14.6. The van der Waals surface area contributed by atoms with Gasteiger partial charge in [0.05, 0.1) is 11.5 Å². The highest BCUT2D eigenvalue weighted by Crippen LogP contribution is 2.45. The summed E-state index contributed by atoms with van der Waals surface area (Å²) in [5.41, 5.74) is 1.19. The van der Waals surface area contributed by atoms with Crippen LogP contribution in [0.4, 0.5) is 8.78 Å². The molecule has 0 aromatic heterocycles. The molecular formula is C26H32F2N2. The third-order valence-electron chi connectivity index (χ3n) is 6.52. The predicted molar refractivity (Wildman–Crippen MR) is 117 cm³/mol. The minimum Gasteiger partial charge on any atom is -0.299 e. The van der Waals surface area contributed by atoms with Crippen molar-refractivity contribution >= 4 is 0 Å². The molecule has 0 N–H and O–H groups in total. The number of halogens is 2. The summed E-state index contributed by atoms with van der Waals surface area (Å²) in [7, 11) is 0. The van der Waals surface area contributed by atoms with Gasteiger partial charge in [-0.2, -0.15) is 5.26 Å². The largest absolute Gasteiger partial charge is 0.299 e. The molecule has 0 bridgehead atoms. The maximum absolute atomic E-state index is 14.0. The number of rotatable bonds is 10. The van der Waals surface area contributed by atoms with Crippen molar-refractivity contribution in [2.45, 2.75) is 63.8 Å². The van der Waals surface area contributed by atoms with Crippen molar-refractivity contribution in [3.63, 3.8) is 0 Å². The molecule has 1 fully saturated rings. The Kier molecular flexibility index (Phi) is 7.99. The third kappa shape index (κ3) is 5.26. The zero-order valence-electron chi connectivity index (χ0n) is 17.9. The van der Waals surface area contributed by atoms with Gasteiger partial charge in [0.25, 0.3) is 0 Å². The molecule has 30 heavy (non-hydrogen) atoms. The Labute approximate surface area is 179 Å². The Hall–Kier alpha value is -2.25. The molecule has 4 heteroatoms. The van der Waals surface area contributed by atoms with E-state index >= 15 is 0 Å². The van der Waals surface area contributed by atoms with Crippen LogP contribution in [-0.2, 0) is 12.0 Å². The predicted octanol–water partition coefficient (Wildman–Crippen LogP) is 6.61. The monoisotopic (exact) mass is 410 g/mol. The summed E-state index contributed by atoms with van der Waals surface area (Å²) >= 11 is 0. The van der Waals surface area contributed by atoms with E-state index in [0.29, 0.717) is 12.0 Å². The summed E-state index contributed by atoms with van der Waals surface area (Å²) in [6, 6.07) is 17.0. The summed E-state index contributed by atoms with van der Waals surface area (Å²) in [5.74, 6) is -1.50. The molecule has 1 saturated carbocycles. The van der Waals surface area contributed by atoms with E-state index in [4.69, 9.17) is 0 Å². The van der Waals surface area contributed by atoms with Gasteiger partial charge >= 0.3 is 0 Å². The molecule has 1 unspecified atom stereocenters. The summed E-state index contributed by atoms with van der Waals surface area (Å²) in [5, 5.41) is 10.3. The molecule has 1 atom stereocenters. The maximum Gasteiger partial charge on any atom is 0.159 e. The van der Waals surface area contributed by atoms with Gasteiger partial charge in [-0.1, -0.05) is 56.2 Å². The van der Waals surface area contributed by atoms with Crippen LogP contribution in [0.5, 0.6) is 0 Å². The molecular weight excluding hydrogens is 378 g/mol. The molecule has 1 aliphatic rings. The van der Waals surface area contributed by atoms with Gasteiger partial charge in [0.1, 0.15) is 0 Å². The van der Waals surface area contributed by atoms with Crippen LogP contribution in [0, 0.1) is 28.9 Å². The fraction of sp³-hybridized carbons (Fsp3) is 0.500. The highest BCUT2D eigenvalue weighted by molar-refractivity contribution is 5.35. The standard InChI is InChI=1S/C26H32F2N2/c1-2-16-30(19-21-9-4-3-5-10-21)17-8-15-26(20-29,22-11-6-7-12-22)23-13-14-24(27)25(28)18-23/h3-5,9-10,13-14,18,22H,2,6-8,11-12,15-17,19H2,1H3. The van der Waals surface area contributed by atoms with Gasteiger partial charge in [-0.3, -0.25) is 4.90 Å². The second kappa shape index (κ2) is 10.7. The molecule has 160 valence electrons. The first-order valence-corrected chi connectivity index (χ1v) is 11.2. The van der Waals surface area contributed by atoms with E-state index in [2.05, 4.69) is 42.2 Å². The van der Waals surface area contributed by atoms with Crippen LogP contribution >= 0.6 is 0 Å². The fourth-order valence-corrected chi connectivity index (χ4v) is 5.00. The Morgan fingerprint density at radius 3 is 2.40 bits per heavy atom. The van der Waals surface area contributed by atoms with Crippen LogP contribution < -0.4 is 0 Å². The van der Waals surface area contributed by atoms with Crippen LogP contribution in [0.1, 0.15) is 63.0 Å². The van der Waals surface area contributed by atoms with Crippen LogP contribution in [0.2, 0.25) is 0 Å². The second-order valence-electron chi connectivity index (χ2n) is 8.56. The fourth-order valence-electron chi connectivity index (χ4n) is 5.00. The summed E-state index contributed by atoms with van der Waals surface area (Å²) in [6.07, 6.45) is 6.78. The molecule has 2 aromatic carbocycles. The van der Waals surface area contributed by atoms with Crippen molar-refractivity contribution in [1.82, 2.24) is 4.90 Å².